The van der Waals surface area contributed by atoms with Crippen LogP contribution in [0.25, 0.3) is 5.65 Å². The van der Waals surface area contributed by atoms with Crippen molar-refractivity contribution in [1.82, 2.24) is 29.6 Å². The molecule has 1 saturated heterocycles. The maximum absolute atomic E-state index is 12.9. The lowest BCUT2D eigenvalue weighted by molar-refractivity contribution is 0.383. The molecule has 26 heavy (non-hydrogen) atoms. The van der Waals surface area contributed by atoms with E-state index in [1.165, 1.54) is 8.94 Å². The van der Waals surface area contributed by atoms with Gasteiger partial charge in [-0.05, 0) is 59.7 Å². The van der Waals surface area contributed by atoms with Gasteiger partial charge >= 0.3 is 0 Å². The molecule has 136 valence electrons. The molecule has 2 aromatic heterocycles. The predicted molar refractivity (Wildman–Crippen MR) is 95.5 cm³/mol. The summed E-state index contributed by atoms with van der Waals surface area (Å²) < 4.78 is 28.7. The maximum Gasteiger partial charge on any atom is 0.243 e. The average Bonchev–Trinajstić information content (AvgIpc) is 3.11. The van der Waals surface area contributed by atoms with Crippen molar-refractivity contribution in [2.75, 3.05) is 31.1 Å². The van der Waals surface area contributed by atoms with Gasteiger partial charge in [-0.25, -0.2) is 8.42 Å². The van der Waals surface area contributed by atoms with Gasteiger partial charge in [0.25, 0.3) is 0 Å². The summed E-state index contributed by atoms with van der Waals surface area (Å²) in [4.78, 5) is 2.38. The van der Waals surface area contributed by atoms with Crippen LogP contribution in [0.3, 0.4) is 0 Å². The third-order valence-corrected chi connectivity index (χ3v) is 6.63. The molecule has 0 aliphatic carbocycles. The van der Waals surface area contributed by atoms with E-state index in [1.807, 2.05) is 30.9 Å². The normalized spacial score (nSPS) is 16.3. The van der Waals surface area contributed by atoms with E-state index < -0.39 is 10.0 Å². The van der Waals surface area contributed by atoms with Gasteiger partial charge < -0.3 is 4.90 Å². The molecule has 0 amide bonds. The van der Waals surface area contributed by atoms with Crippen LogP contribution in [-0.2, 0) is 10.0 Å². The van der Waals surface area contributed by atoms with Crippen LogP contribution in [0.2, 0.25) is 0 Å². The van der Waals surface area contributed by atoms with Gasteiger partial charge in [0.05, 0.1) is 4.90 Å². The second-order valence-electron chi connectivity index (χ2n) is 6.36. The molecule has 0 radical (unpaired) electrons. The Kier molecular flexibility index (Phi) is 4.08. The molecule has 4 rings (SSSR count). The minimum atomic E-state index is -3.48. The van der Waals surface area contributed by atoms with Crippen molar-refractivity contribution >= 4 is 21.5 Å². The van der Waals surface area contributed by atoms with E-state index >= 15 is 0 Å². The van der Waals surface area contributed by atoms with Gasteiger partial charge in [-0.2, -0.15) is 4.31 Å². The molecule has 0 atom stereocenters. The molecule has 10 heteroatoms. The van der Waals surface area contributed by atoms with E-state index in [1.54, 1.807) is 18.2 Å². The Balaban J connectivity index is 1.51. The van der Waals surface area contributed by atoms with Crippen molar-refractivity contribution in [2.45, 2.75) is 18.7 Å². The van der Waals surface area contributed by atoms with Crippen molar-refractivity contribution < 1.29 is 8.42 Å². The molecule has 0 bridgehead atoms. The Hall–Kier alpha value is -2.59. The summed E-state index contributed by atoms with van der Waals surface area (Å²) in [7, 11) is -3.48. The molecule has 1 aromatic carbocycles. The second-order valence-corrected chi connectivity index (χ2v) is 8.29. The zero-order valence-corrected chi connectivity index (χ0v) is 15.4. The molecular weight excluding hydrogens is 354 g/mol. The summed E-state index contributed by atoms with van der Waals surface area (Å²) in [5.74, 6) is 0.730. The predicted octanol–water partition coefficient (Wildman–Crippen LogP) is 0.647. The number of sulfonamides is 1. The van der Waals surface area contributed by atoms with Crippen LogP contribution in [0.1, 0.15) is 11.1 Å². The summed E-state index contributed by atoms with van der Waals surface area (Å²) in [6.45, 7) is 5.83. The molecule has 0 spiro atoms. The van der Waals surface area contributed by atoms with E-state index in [0.29, 0.717) is 36.7 Å². The fraction of sp³-hybridized carbons (Fsp3) is 0.375. The molecule has 3 heterocycles. The van der Waals surface area contributed by atoms with Gasteiger partial charge in [0.15, 0.2) is 11.5 Å². The molecule has 3 aromatic rings. The number of anilines is 1. The molecule has 0 unspecified atom stereocenters. The average molecular weight is 373 g/mol. The monoisotopic (exact) mass is 373 g/mol. The topological polar surface area (TPSA) is 96.6 Å². The second kappa shape index (κ2) is 6.29. The summed E-state index contributed by atoms with van der Waals surface area (Å²) in [6.07, 6.45) is 0. The van der Waals surface area contributed by atoms with E-state index in [2.05, 4.69) is 20.6 Å². The Bertz CT molecular complexity index is 1060. The van der Waals surface area contributed by atoms with Crippen LogP contribution >= 0.6 is 0 Å². The molecule has 0 saturated carbocycles. The van der Waals surface area contributed by atoms with Crippen LogP contribution in [0, 0.1) is 13.8 Å². The van der Waals surface area contributed by atoms with Crippen molar-refractivity contribution in [1.29, 1.82) is 0 Å². The summed E-state index contributed by atoms with van der Waals surface area (Å²) >= 11 is 0. The third kappa shape index (κ3) is 2.90. The number of nitrogens with zero attached hydrogens (tertiary/aromatic N) is 7. The number of aromatic nitrogens is 5. The first kappa shape index (κ1) is 16.9. The fourth-order valence-electron chi connectivity index (χ4n) is 2.99. The quantitative estimate of drug-likeness (QED) is 0.665. The SMILES string of the molecule is Cc1ccc(S(=O)(=O)N2CCN(c3ccc4nnnn4n3)CC2)cc1C. The Morgan fingerprint density at radius 3 is 2.46 bits per heavy atom. The van der Waals surface area contributed by atoms with Crippen molar-refractivity contribution in [3.63, 3.8) is 0 Å². The molecule has 0 N–H and O–H groups in total. The van der Waals surface area contributed by atoms with Gasteiger partial charge in [-0.1, -0.05) is 6.07 Å². The van der Waals surface area contributed by atoms with Gasteiger partial charge in [-0.15, -0.1) is 14.8 Å². The highest BCUT2D eigenvalue weighted by Crippen LogP contribution is 2.22. The van der Waals surface area contributed by atoms with E-state index in [0.717, 1.165) is 16.9 Å². The van der Waals surface area contributed by atoms with E-state index in [4.69, 9.17) is 0 Å². The van der Waals surface area contributed by atoms with Crippen LogP contribution in [-0.4, -0.2) is 64.2 Å². The highest BCUT2D eigenvalue weighted by molar-refractivity contribution is 7.89. The van der Waals surface area contributed by atoms with Gasteiger partial charge in [-0.3, -0.25) is 0 Å². The highest BCUT2D eigenvalue weighted by atomic mass is 32.2. The number of benzene rings is 1. The minimum Gasteiger partial charge on any atom is -0.352 e. The van der Waals surface area contributed by atoms with Gasteiger partial charge in [0.1, 0.15) is 0 Å². The number of hydrogen-bond acceptors (Lipinski definition) is 7. The number of tetrazole rings is 1. The molecule has 1 fully saturated rings. The van der Waals surface area contributed by atoms with Gasteiger partial charge in [0, 0.05) is 26.2 Å². The van der Waals surface area contributed by atoms with Crippen LogP contribution < -0.4 is 4.90 Å². The van der Waals surface area contributed by atoms with E-state index in [-0.39, 0.29) is 0 Å². The first-order chi connectivity index (χ1) is 12.4. The molecule has 9 nitrogen and oxygen atoms in total. The van der Waals surface area contributed by atoms with E-state index in [9.17, 15) is 8.42 Å². The summed E-state index contributed by atoms with van der Waals surface area (Å²) in [5, 5.41) is 15.6. The maximum atomic E-state index is 12.9. The highest BCUT2D eigenvalue weighted by Gasteiger charge is 2.29. The summed E-state index contributed by atoms with van der Waals surface area (Å²) in [5.41, 5.74) is 2.63. The zero-order valence-electron chi connectivity index (χ0n) is 14.6. The minimum absolute atomic E-state index is 0.349. The molecular formula is C16H19N7O2S. The van der Waals surface area contributed by atoms with Crippen LogP contribution in [0.5, 0.6) is 0 Å². The number of piperazine rings is 1. The number of fused-ring (bicyclic) bond motifs is 1. The first-order valence-corrected chi connectivity index (χ1v) is 9.77. The van der Waals surface area contributed by atoms with Crippen LogP contribution in [0.4, 0.5) is 5.82 Å². The lowest BCUT2D eigenvalue weighted by Crippen LogP contribution is -2.49. The molecule has 1 aliphatic rings. The number of rotatable bonds is 3. The van der Waals surface area contributed by atoms with Gasteiger partial charge in [0.2, 0.25) is 10.0 Å². The lowest BCUT2D eigenvalue weighted by atomic mass is 10.1. The summed E-state index contributed by atoms with van der Waals surface area (Å²) in [6, 6.07) is 8.91. The largest absolute Gasteiger partial charge is 0.352 e. The number of hydrogen-bond donors (Lipinski definition) is 0. The van der Waals surface area contributed by atoms with Crippen molar-refractivity contribution in [3.8, 4) is 0 Å². The third-order valence-electron chi connectivity index (χ3n) is 4.73. The Morgan fingerprint density at radius 1 is 0.962 bits per heavy atom. The van der Waals surface area contributed by atoms with Crippen LogP contribution in [0.15, 0.2) is 35.2 Å². The van der Waals surface area contributed by atoms with Crippen molar-refractivity contribution in [2.24, 2.45) is 0 Å². The lowest BCUT2D eigenvalue weighted by Gasteiger charge is -2.34. The Labute approximate surface area is 151 Å². The number of aryl methyl sites for hydroxylation is 2. The van der Waals surface area contributed by atoms with Crippen molar-refractivity contribution in [3.05, 3.63) is 41.5 Å². The first-order valence-electron chi connectivity index (χ1n) is 8.33. The fourth-order valence-corrected chi connectivity index (χ4v) is 4.50. The smallest absolute Gasteiger partial charge is 0.243 e. The standard InChI is InChI=1S/C16H19N7O2S/c1-12-3-4-14(11-13(12)2)26(24,25)22-9-7-21(8-10-22)16-6-5-15-17-19-20-23(15)18-16/h3-6,11H,7-10H2,1-2H3. The zero-order chi connectivity index (χ0) is 18.3. The Morgan fingerprint density at radius 2 is 1.73 bits per heavy atom. The molecule has 1 aliphatic heterocycles.